The van der Waals surface area contributed by atoms with E-state index >= 15 is 0 Å². The molecule has 2 fully saturated rings. The molecule has 29 heavy (non-hydrogen) atoms. The number of benzene rings is 1. The zero-order valence-corrected chi connectivity index (χ0v) is 15.9. The van der Waals surface area contributed by atoms with Crippen molar-refractivity contribution in [2.45, 2.75) is 0 Å². The van der Waals surface area contributed by atoms with E-state index < -0.39 is 0 Å². The molecular weight excluding hydrogens is 378 g/mol. The number of hydrogen-bond acceptors (Lipinski definition) is 11. The Morgan fingerprint density at radius 3 is 1.93 bits per heavy atom. The first-order valence-corrected chi connectivity index (χ1v) is 9.38. The molecule has 3 heterocycles. The highest BCUT2D eigenvalue weighted by Gasteiger charge is 2.24. The van der Waals surface area contributed by atoms with Gasteiger partial charge in [0.2, 0.25) is 11.9 Å². The molecule has 4 N–H and O–H groups in total. The maximum absolute atomic E-state index is 10.3. The molecule has 0 radical (unpaired) electrons. The van der Waals surface area contributed by atoms with Gasteiger partial charge in [0.25, 0.3) is 0 Å². The van der Waals surface area contributed by atoms with Gasteiger partial charge in [-0.3, -0.25) is 0 Å². The third-order valence-corrected chi connectivity index (χ3v) is 4.78. The largest absolute Gasteiger partial charge is 0.508 e. The number of rotatable bonds is 4. The first-order valence-electron chi connectivity index (χ1n) is 9.38. The molecule has 154 valence electrons. The van der Waals surface area contributed by atoms with Gasteiger partial charge in [-0.1, -0.05) is 0 Å². The summed E-state index contributed by atoms with van der Waals surface area (Å²) >= 11 is 0. The average Bonchev–Trinajstić information content (AvgIpc) is 2.77. The smallest absolute Gasteiger partial charge is 0.230 e. The first-order chi connectivity index (χ1) is 14.2. The summed E-state index contributed by atoms with van der Waals surface area (Å²) in [4.78, 5) is 17.8. The molecule has 0 bridgehead atoms. The lowest BCUT2D eigenvalue weighted by molar-refractivity contribution is 0.121. The second-order valence-corrected chi connectivity index (χ2v) is 6.64. The Bertz CT molecular complexity index is 860. The molecule has 0 saturated carbocycles. The monoisotopic (exact) mass is 401 g/mol. The van der Waals surface area contributed by atoms with Crippen LogP contribution in [0.15, 0.2) is 23.3 Å². The lowest BCUT2D eigenvalue weighted by Crippen LogP contribution is -2.40. The van der Waals surface area contributed by atoms with Crippen molar-refractivity contribution in [2.24, 2.45) is 10.9 Å². The fourth-order valence-electron chi connectivity index (χ4n) is 3.24. The molecular formula is C18H23N7O4. The van der Waals surface area contributed by atoms with Crippen LogP contribution < -0.4 is 15.6 Å². The molecule has 4 rings (SSSR count). The van der Waals surface area contributed by atoms with Crippen LogP contribution in [0.4, 0.5) is 11.9 Å². The van der Waals surface area contributed by atoms with E-state index in [4.69, 9.17) is 15.3 Å². The molecule has 2 aliphatic heterocycles. The number of ether oxygens (including phenoxy) is 2. The van der Waals surface area contributed by atoms with Crippen molar-refractivity contribution in [1.82, 2.24) is 15.0 Å². The third kappa shape index (κ3) is 4.15. The van der Waals surface area contributed by atoms with E-state index in [1.165, 1.54) is 18.2 Å². The predicted octanol–water partition coefficient (Wildman–Crippen LogP) is -0.333. The number of phenols is 2. The Balaban J connectivity index is 1.77. The minimum absolute atomic E-state index is 0.0683. The molecule has 0 amide bonds. The van der Waals surface area contributed by atoms with Crippen LogP contribution in [0.1, 0.15) is 11.4 Å². The molecule has 2 aromatic rings. The van der Waals surface area contributed by atoms with Gasteiger partial charge in [-0.05, 0) is 12.1 Å². The molecule has 1 aromatic heterocycles. The van der Waals surface area contributed by atoms with E-state index in [-0.39, 0.29) is 23.0 Å². The second-order valence-electron chi connectivity index (χ2n) is 6.64. The topological polar surface area (TPSA) is 142 Å². The van der Waals surface area contributed by atoms with Crippen molar-refractivity contribution in [3.63, 3.8) is 0 Å². The normalized spacial score (nSPS) is 18.1. The van der Waals surface area contributed by atoms with E-state index in [9.17, 15) is 10.2 Å². The Morgan fingerprint density at radius 1 is 0.897 bits per heavy atom. The van der Waals surface area contributed by atoms with E-state index in [2.05, 4.69) is 20.1 Å². The zero-order valence-electron chi connectivity index (χ0n) is 15.9. The van der Waals surface area contributed by atoms with Crippen molar-refractivity contribution in [2.75, 3.05) is 62.4 Å². The number of nitrogens with zero attached hydrogens (tertiary/aromatic N) is 6. The summed E-state index contributed by atoms with van der Waals surface area (Å²) in [6, 6.07) is 4.17. The Hall–Kier alpha value is -3.18. The fourth-order valence-corrected chi connectivity index (χ4v) is 3.24. The number of aromatic hydroxyl groups is 2. The van der Waals surface area contributed by atoms with Crippen molar-refractivity contribution < 1.29 is 19.7 Å². The highest BCUT2D eigenvalue weighted by molar-refractivity contribution is 6.12. The number of phenolic OH excluding ortho intramolecular Hbond substituents is 2. The minimum atomic E-state index is -0.171. The maximum Gasteiger partial charge on any atom is 0.230 e. The molecule has 11 heteroatoms. The van der Waals surface area contributed by atoms with Gasteiger partial charge in [-0.15, -0.1) is 0 Å². The van der Waals surface area contributed by atoms with E-state index in [0.717, 1.165) is 0 Å². The molecule has 0 atom stereocenters. The van der Waals surface area contributed by atoms with Crippen LogP contribution in [0, 0.1) is 0 Å². The highest BCUT2D eigenvalue weighted by Crippen LogP contribution is 2.26. The van der Waals surface area contributed by atoms with Gasteiger partial charge in [0.15, 0.2) is 5.82 Å². The molecule has 0 unspecified atom stereocenters. The van der Waals surface area contributed by atoms with Crippen LogP contribution in [0.3, 0.4) is 0 Å². The van der Waals surface area contributed by atoms with Gasteiger partial charge < -0.3 is 35.3 Å². The lowest BCUT2D eigenvalue weighted by atomic mass is 10.1. The Morgan fingerprint density at radius 2 is 1.45 bits per heavy atom. The van der Waals surface area contributed by atoms with Crippen molar-refractivity contribution in [1.29, 1.82) is 0 Å². The molecule has 1 aromatic carbocycles. The maximum atomic E-state index is 10.3. The van der Waals surface area contributed by atoms with Crippen molar-refractivity contribution in [3.05, 3.63) is 29.6 Å². The summed E-state index contributed by atoms with van der Waals surface area (Å²) in [5, 5.41) is 23.7. The van der Waals surface area contributed by atoms with E-state index in [1.54, 1.807) is 0 Å². The fraction of sp³-hybridized carbons (Fsp3) is 0.444. The Labute approximate surface area is 167 Å². The Kier molecular flexibility index (Phi) is 5.58. The van der Waals surface area contributed by atoms with Crippen LogP contribution in [0.25, 0.3) is 0 Å². The summed E-state index contributed by atoms with van der Waals surface area (Å²) in [5.74, 6) is 6.65. The van der Waals surface area contributed by atoms with Gasteiger partial charge in [0, 0.05) is 37.8 Å². The van der Waals surface area contributed by atoms with Crippen LogP contribution in [0.2, 0.25) is 0 Å². The standard InChI is InChI=1S/C18H23N7O4/c19-23-15(13-2-1-12(26)11-14(13)27)16-20-17(24-3-7-28-8-4-24)22-18(21-16)25-5-9-29-10-6-25/h1-2,11,26-27H,3-10,19H2. The van der Waals surface area contributed by atoms with Gasteiger partial charge in [0.1, 0.15) is 17.2 Å². The summed E-state index contributed by atoms with van der Waals surface area (Å²) in [6.45, 7) is 4.98. The third-order valence-electron chi connectivity index (χ3n) is 4.78. The minimum Gasteiger partial charge on any atom is -0.508 e. The molecule has 11 nitrogen and oxygen atoms in total. The lowest BCUT2D eigenvalue weighted by Gasteiger charge is -2.30. The quantitative estimate of drug-likeness (QED) is 0.354. The summed E-state index contributed by atoms with van der Waals surface area (Å²) < 4.78 is 10.8. The summed E-state index contributed by atoms with van der Waals surface area (Å²) in [6.07, 6.45) is 0. The molecule has 2 aliphatic rings. The number of aromatic nitrogens is 3. The SMILES string of the molecule is NN=C(c1nc(N2CCOCC2)nc(N2CCOCC2)n1)c1ccc(O)cc1O. The summed E-state index contributed by atoms with van der Waals surface area (Å²) in [5.41, 5.74) is 0.520. The first kappa shape index (κ1) is 19.2. The number of hydrogen-bond donors (Lipinski definition) is 3. The number of anilines is 2. The molecule has 0 aliphatic carbocycles. The summed E-state index contributed by atoms with van der Waals surface area (Å²) in [7, 11) is 0. The molecule has 2 saturated heterocycles. The number of nitrogens with two attached hydrogens (primary N) is 1. The van der Waals surface area contributed by atoms with Gasteiger partial charge >= 0.3 is 0 Å². The zero-order chi connectivity index (χ0) is 20.2. The van der Waals surface area contributed by atoms with Crippen LogP contribution >= 0.6 is 0 Å². The van der Waals surface area contributed by atoms with Gasteiger partial charge in [-0.25, -0.2) is 0 Å². The molecule has 0 spiro atoms. The van der Waals surface area contributed by atoms with Gasteiger partial charge in [-0.2, -0.15) is 20.1 Å². The van der Waals surface area contributed by atoms with Gasteiger partial charge in [0.05, 0.1) is 26.4 Å². The van der Waals surface area contributed by atoms with E-state index in [0.29, 0.717) is 70.1 Å². The van der Waals surface area contributed by atoms with Crippen molar-refractivity contribution in [3.8, 4) is 11.5 Å². The van der Waals surface area contributed by atoms with E-state index in [1.807, 2.05) is 9.80 Å². The van der Waals surface area contributed by atoms with Crippen LogP contribution in [-0.2, 0) is 9.47 Å². The highest BCUT2D eigenvalue weighted by atomic mass is 16.5. The number of morpholine rings is 2. The number of hydrazone groups is 1. The average molecular weight is 401 g/mol. The van der Waals surface area contributed by atoms with Crippen LogP contribution in [0.5, 0.6) is 11.5 Å². The second kappa shape index (κ2) is 8.45. The van der Waals surface area contributed by atoms with Crippen molar-refractivity contribution >= 4 is 17.6 Å². The van der Waals surface area contributed by atoms with Crippen LogP contribution in [-0.4, -0.2) is 83.5 Å². The predicted molar refractivity (Wildman–Crippen MR) is 105 cm³/mol.